The molecule has 0 radical (unpaired) electrons. The topological polar surface area (TPSA) is 285 Å². The van der Waals surface area contributed by atoms with Gasteiger partial charge in [0, 0.05) is 74.3 Å². The Morgan fingerprint density at radius 1 is 0.855 bits per heavy atom. The summed E-state index contributed by atoms with van der Waals surface area (Å²) in [5, 5.41) is 15.0. The summed E-state index contributed by atoms with van der Waals surface area (Å²) in [6, 6.07) is 16.7. The number of carbonyl (C=O) groups is 6. The Bertz CT molecular complexity index is 2750. The molecular weight excluding hydrogens is 967 g/mol. The van der Waals surface area contributed by atoms with E-state index in [2.05, 4.69) is 31.4 Å². The molecule has 18 heteroatoms. The molecule has 0 spiro atoms. The number of ether oxygens (including phenoxy) is 3. The largest absolute Gasteiger partial charge is 0.492 e. The second-order valence-corrected chi connectivity index (χ2v) is 21.5. The molecule has 0 aliphatic carbocycles. The van der Waals surface area contributed by atoms with E-state index in [1.165, 1.54) is 11.9 Å². The van der Waals surface area contributed by atoms with E-state index in [1.807, 2.05) is 51.1 Å². The summed E-state index contributed by atoms with van der Waals surface area (Å²) in [6.07, 6.45) is -0.790. The van der Waals surface area contributed by atoms with Gasteiger partial charge in [0.15, 0.2) is 23.2 Å². The Balaban J connectivity index is 1.54. The van der Waals surface area contributed by atoms with Gasteiger partial charge >= 0.3 is 0 Å². The number of amides is 3. The second kappa shape index (κ2) is 26.7. The summed E-state index contributed by atoms with van der Waals surface area (Å²) in [5.41, 5.74) is 22.1. The summed E-state index contributed by atoms with van der Waals surface area (Å²) in [7, 11) is 1.46. The number of nitrogens with two attached hydrogens (primary N) is 3. The first kappa shape index (κ1) is 60.0. The predicted octanol–water partition coefficient (Wildman–Crippen LogP) is 5.95. The standard InChI is InChI=1S/C58H77N9O9/c1-34-28-48(70)52(39-16-20-50(75-27-25-62)43(31-39)42-29-37(13-19-49(42)74-26-24-61)30-44(65-54(34)71)46(68)12-11-22-59)67(10)56(73)40(21-23-60)32-47(69)45(33-76-58(7,8)9)66-55(72)51-35(2)63-53(64-36(51)3)38-14-17-41(18-15-38)57(4,5)6/h13-20,29,31,34,40,44-45,52H,11-12,21,23-28,30,32-33,60-62H2,1-10H3,(H,65,71)(H,66,72)/t34-,40-,44+,45-,52+/m1/s1. The molecule has 76 heavy (non-hydrogen) atoms. The Morgan fingerprint density at radius 2 is 1.46 bits per heavy atom. The van der Waals surface area contributed by atoms with Crippen molar-refractivity contribution >= 4 is 35.1 Å². The van der Waals surface area contributed by atoms with Crippen molar-refractivity contribution in [3.8, 4) is 40.1 Å². The van der Waals surface area contributed by atoms with E-state index in [0.717, 1.165) is 11.1 Å². The highest BCUT2D eigenvalue weighted by Crippen LogP contribution is 2.41. The minimum atomic E-state index is -1.32. The molecule has 5 atom stereocenters. The number of likely N-dealkylation sites (N-methyl/N-ethyl adjacent to an activating group) is 1. The SMILES string of the molecule is Cc1nc(-c2ccc(C(C)(C)C)cc2)nc(C)c1C(=O)N[C@H](COC(C)(C)C)C(=O)C[C@@H](CCN)C(=O)N(C)[C@@H]1C(=O)C[C@@H](C)C(=O)N[C@H](C(=O)CCC#N)Cc2ccc(OCCN)c(c2)-c2cc1ccc2OCCN. The third-order valence-electron chi connectivity index (χ3n) is 13.2. The van der Waals surface area contributed by atoms with Crippen molar-refractivity contribution in [2.45, 2.75) is 130 Å². The molecule has 4 aromatic rings. The van der Waals surface area contributed by atoms with E-state index < -0.39 is 64.9 Å². The molecule has 3 aromatic carbocycles. The highest BCUT2D eigenvalue weighted by molar-refractivity contribution is 6.01. The Labute approximate surface area is 447 Å². The van der Waals surface area contributed by atoms with Crippen molar-refractivity contribution in [1.29, 1.82) is 5.26 Å². The van der Waals surface area contributed by atoms with Gasteiger partial charge < -0.3 is 46.9 Å². The molecular formula is C58H77N9O9. The van der Waals surface area contributed by atoms with Gasteiger partial charge in [-0.2, -0.15) is 5.26 Å². The fourth-order valence-corrected chi connectivity index (χ4v) is 9.10. The van der Waals surface area contributed by atoms with Crippen molar-refractivity contribution in [3.05, 3.63) is 94.3 Å². The molecule has 408 valence electrons. The maximum atomic E-state index is 15.1. The summed E-state index contributed by atoms with van der Waals surface area (Å²) in [6.45, 7) is 17.2. The minimum absolute atomic E-state index is 0.00261. The first-order valence-corrected chi connectivity index (χ1v) is 26.0. The van der Waals surface area contributed by atoms with Gasteiger partial charge in [-0.05, 0) is 100 Å². The number of ketones is 3. The molecule has 2 heterocycles. The highest BCUT2D eigenvalue weighted by Gasteiger charge is 2.38. The van der Waals surface area contributed by atoms with Crippen LogP contribution in [0.3, 0.4) is 0 Å². The number of hydrogen-bond acceptors (Lipinski definition) is 15. The van der Waals surface area contributed by atoms with Crippen molar-refractivity contribution in [2.75, 3.05) is 46.5 Å². The number of rotatable bonds is 21. The second-order valence-electron chi connectivity index (χ2n) is 21.5. The number of nitrogens with one attached hydrogen (secondary N) is 2. The lowest BCUT2D eigenvalue weighted by Crippen LogP contribution is -2.48. The van der Waals surface area contributed by atoms with Gasteiger partial charge in [0.05, 0.1) is 41.3 Å². The number of nitrogens with zero attached hydrogens (tertiary/aromatic N) is 4. The van der Waals surface area contributed by atoms with Crippen LogP contribution in [0.15, 0.2) is 60.7 Å². The lowest BCUT2D eigenvalue weighted by atomic mass is 9.86. The van der Waals surface area contributed by atoms with Crippen LogP contribution in [0.2, 0.25) is 0 Å². The van der Waals surface area contributed by atoms with Gasteiger partial charge in [0.25, 0.3) is 5.91 Å². The van der Waals surface area contributed by atoms with E-state index in [1.54, 1.807) is 57.2 Å². The van der Waals surface area contributed by atoms with Crippen molar-refractivity contribution < 1.29 is 43.0 Å². The predicted molar refractivity (Wildman–Crippen MR) is 290 cm³/mol. The zero-order chi connectivity index (χ0) is 56.1. The average molecular weight is 1040 g/mol. The number of aryl methyl sites for hydroxylation is 2. The first-order valence-electron chi connectivity index (χ1n) is 26.0. The molecule has 0 fully saturated rings. The molecule has 1 aromatic heterocycles. The summed E-state index contributed by atoms with van der Waals surface area (Å²) in [5.74, 6) is -3.96. The molecule has 3 amide bonds. The third kappa shape index (κ3) is 15.8. The zero-order valence-electron chi connectivity index (χ0n) is 45.8. The summed E-state index contributed by atoms with van der Waals surface area (Å²) >= 11 is 0. The normalized spacial score (nSPS) is 16.8. The van der Waals surface area contributed by atoms with Crippen LogP contribution in [0.4, 0.5) is 0 Å². The quantitative estimate of drug-likeness (QED) is 0.0645. The molecule has 18 nitrogen and oxygen atoms in total. The molecule has 1 aliphatic rings. The fraction of sp³-hybridized carbons (Fsp3) is 0.500. The maximum absolute atomic E-state index is 15.1. The van der Waals surface area contributed by atoms with Gasteiger partial charge in [0.2, 0.25) is 11.8 Å². The molecule has 0 saturated heterocycles. The van der Waals surface area contributed by atoms with Gasteiger partial charge in [-0.1, -0.05) is 64.1 Å². The lowest BCUT2D eigenvalue weighted by molar-refractivity contribution is -0.144. The highest BCUT2D eigenvalue weighted by atomic mass is 16.5. The first-order chi connectivity index (χ1) is 35.9. The minimum Gasteiger partial charge on any atom is -0.492 e. The van der Waals surface area contributed by atoms with E-state index in [9.17, 15) is 29.2 Å². The lowest BCUT2D eigenvalue weighted by Gasteiger charge is -2.32. The Hall–Kier alpha value is -6.91. The van der Waals surface area contributed by atoms with Crippen LogP contribution in [0.1, 0.15) is 125 Å². The van der Waals surface area contributed by atoms with Crippen LogP contribution >= 0.6 is 0 Å². The molecule has 8 N–H and O–H groups in total. The van der Waals surface area contributed by atoms with Gasteiger partial charge in [0.1, 0.15) is 36.8 Å². The van der Waals surface area contributed by atoms with Gasteiger partial charge in [-0.3, -0.25) is 28.8 Å². The van der Waals surface area contributed by atoms with Crippen molar-refractivity contribution in [2.24, 2.45) is 29.0 Å². The van der Waals surface area contributed by atoms with Crippen molar-refractivity contribution in [3.63, 3.8) is 0 Å². The Morgan fingerprint density at radius 3 is 2.03 bits per heavy atom. The maximum Gasteiger partial charge on any atom is 0.255 e. The molecule has 5 rings (SSSR count). The monoisotopic (exact) mass is 1040 g/mol. The smallest absolute Gasteiger partial charge is 0.255 e. The fourth-order valence-electron chi connectivity index (χ4n) is 9.10. The van der Waals surface area contributed by atoms with Crippen molar-refractivity contribution in [1.82, 2.24) is 25.5 Å². The molecule has 4 bridgehead atoms. The average Bonchev–Trinajstić information content (AvgIpc) is 3.36. The molecule has 0 saturated carbocycles. The van der Waals surface area contributed by atoms with Crippen LogP contribution in [0, 0.1) is 37.0 Å². The number of carbonyl (C=O) groups excluding carboxylic acids is 6. The van der Waals surface area contributed by atoms with Gasteiger partial charge in [-0.25, -0.2) is 9.97 Å². The van der Waals surface area contributed by atoms with E-state index in [-0.39, 0.29) is 94.7 Å². The zero-order valence-corrected chi connectivity index (χ0v) is 45.8. The number of fused-ring (bicyclic) bond motifs is 5. The van der Waals surface area contributed by atoms with Crippen LogP contribution < -0.4 is 37.3 Å². The van der Waals surface area contributed by atoms with E-state index in [4.69, 9.17) is 41.4 Å². The Kier molecular flexibility index (Phi) is 21.1. The third-order valence-corrected chi connectivity index (χ3v) is 13.2. The van der Waals surface area contributed by atoms with Crippen LogP contribution in [0.25, 0.3) is 22.5 Å². The molecule has 0 unspecified atom stereocenters. The van der Waals surface area contributed by atoms with Gasteiger partial charge in [-0.15, -0.1) is 0 Å². The van der Waals surface area contributed by atoms with Crippen LogP contribution in [0.5, 0.6) is 11.5 Å². The molecule has 1 aliphatic heterocycles. The number of Topliss-reactive ketones (excluding diaryl/α,β-unsaturated/α-hetero) is 3. The number of aromatic nitrogens is 2. The van der Waals surface area contributed by atoms with E-state index >= 15 is 4.79 Å². The number of hydrogen-bond donors (Lipinski definition) is 5. The number of benzene rings is 3. The number of nitriles is 1. The van der Waals surface area contributed by atoms with Crippen LogP contribution in [-0.2, 0) is 40.5 Å². The summed E-state index contributed by atoms with van der Waals surface area (Å²) < 4.78 is 18.4. The van der Waals surface area contributed by atoms with Crippen LogP contribution in [-0.4, -0.2) is 114 Å². The summed E-state index contributed by atoms with van der Waals surface area (Å²) in [4.78, 5) is 97.0. The van der Waals surface area contributed by atoms with E-state index in [0.29, 0.717) is 51.0 Å².